The minimum absolute atomic E-state index is 0.0507. The molecule has 0 heterocycles. The van der Waals surface area contributed by atoms with Gasteiger partial charge in [-0.15, -0.1) is 0 Å². The summed E-state index contributed by atoms with van der Waals surface area (Å²) >= 11 is 0. The SMILES string of the molecule is CC[Si](CC)([Si](C)C)[Si](C)C. The van der Waals surface area contributed by atoms with Crippen molar-refractivity contribution >= 4 is 23.7 Å². The number of hydrogen-bond donors (Lipinski definition) is 0. The van der Waals surface area contributed by atoms with E-state index in [-0.39, 0.29) is 16.6 Å². The lowest BCUT2D eigenvalue weighted by Crippen LogP contribution is -2.57. The first-order valence-electron chi connectivity index (χ1n) is 4.62. The van der Waals surface area contributed by atoms with Gasteiger partial charge in [0.05, 0.1) is 0 Å². The van der Waals surface area contributed by atoms with Gasteiger partial charge in [-0.05, 0) is 0 Å². The first-order chi connectivity index (χ1) is 5.01. The van der Waals surface area contributed by atoms with E-state index in [2.05, 4.69) is 40.0 Å². The Kier molecular flexibility index (Phi) is 4.89. The fraction of sp³-hybridized carbons (Fsp3) is 1.00. The summed E-state index contributed by atoms with van der Waals surface area (Å²) in [5.41, 5.74) is 0. The molecule has 0 aromatic rings. The van der Waals surface area contributed by atoms with E-state index in [1.54, 1.807) is 12.1 Å². The highest BCUT2D eigenvalue weighted by atomic mass is 29.6. The van der Waals surface area contributed by atoms with Crippen LogP contribution < -0.4 is 0 Å². The van der Waals surface area contributed by atoms with Crippen molar-refractivity contribution in [2.75, 3.05) is 0 Å². The lowest BCUT2D eigenvalue weighted by atomic mass is 11.0. The van der Waals surface area contributed by atoms with Gasteiger partial charge in [0.15, 0.2) is 0 Å². The highest BCUT2D eigenvalue weighted by Gasteiger charge is 2.36. The third-order valence-corrected chi connectivity index (χ3v) is 34.1. The van der Waals surface area contributed by atoms with E-state index in [4.69, 9.17) is 0 Å². The van der Waals surface area contributed by atoms with Gasteiger partial charge in [0.25, 0.3) is 0 Å². The highest BCUT2D eigenvalue weighted by Crippen LogP contribution is 2.21. The molecule has 0 amide bonds. The highest BCUT2D eigenvalue weighted by molar-refractivity contribution is 7.59. The molecule has 3 heteroatoms. The minimum atomic E-state index is -0.694. The first-order valence-corrected chi connectivity index (χ1v) is 14.0. The molecule has 0 spiro atoms. The third-order valence-electron chi connectivity index (χ3n) is 3.12. The lowest BCUT2D eigenvalue weighted by molar-refractivity contribution is 1.32. The molecule has 0 atom stereocenters. The molecule has 0 N–H and O–H groups in total. The molecule has 0 aliphatic rings. The molecule has 2 radical (unpaired) electrons. The largest absolute Gasteiger partial charge is 0.0735 e. The van der Waals surface area contributed by atoms with Crippen LogP contribution in [-0.2, 0) is 0 Å². The normalized spacial score (nSPS) is 13.1. The van der Waals surface area contributed by atoms with Crippen LogP contribution in [0.2, 0.25) is 38.3 Å². The number of rotatable bonds is 4. The van der Waals surface area contributed by atoms with Crippen molar-refractivity contribution < 1.29 is 0 Å². The maximum Gasteiger partial charge on any atom is 0.0361 e. The molecule has 0 nitrogen and oxygen atoms in total. The van der Waals surface area contributed by atoms with Gasteiger partial charge in [-0.2, -0.15) is 0 Å². The van der Waals surface area contributed by atoms with Crippen molar-refractivity contribution in [2.45, 2.75) is 52.1 Å². The second-order valence-electron chi connectivity index (χ2n) is 3.79. The Morgan fingerprint density at radius 3 is 1.09 bits per heavy atom. The summed E-state index contributed by atoms with van der Waals surface area (Å²) in [4.78, 5) is 0. The quantitative estimate of drug-likeness (QED) is 0.615. The van der Waals surface area contributed by atoms with Crippen LogP contribution in [-0.4, -0.2) is 23.7 Å². The summed E-state index contributed by atoms with van der Waals surface area (Å²) in [6, 6.07) is 3.10. The monoisotopic (exact) mass is 202 g/mol. The standard InChI is InChI=1S/C8H22Si3/c1-7-11(8-2,9(3)4)10(5)6/h7-8H2,1-6H3. The molecule has 0 aliphatic heterocycles. The van der Waals surface area contributed by atoms with E-state index in [1.807, 2.05) is 0 Å². The van der Waals surface area contributed by atoms with E-state index in [9.17, 15) is 0 Å². The van der Waals surface area contributed by atoms with Gasteiger partial charge in [0, 0.05) is 23.7 Å². The zero-order chi connectivity index (χ0) is 9.07. The molecule has 0 unspecified atom stereocenters. The van der Waals surface area contributed by atoms with Crippen LogP contribution in [0.5, 0.6) is 0 Å². The molecule has 66 valence electrons. The summed E-state index contributed by atoms with van der Waals surface area (Å²) in [6.45, 7) is 15.0. The van der Waals surface area contributed by atoms with Crippen LogP contribution in [0.25, 0.3) is 0 Å². The Hall–Kier alpha value is 0.651. The summed E-state index contributed by atoms with van der Waals surface area (Å²) in [6.07, 6.45) is 0. The van der Waals surface area contributed by atoms with Crippen molar-refractivity contribution in [1.29, 1.82) is 0 Å². The van der Waals surface area contributed by atoms with E-state index in [0.717, 1.165) is 0 Å². The van der Waals surface area contributed by atoms with Gasteiger partial charge in [-0.1, -0.05) is 52.1 Å². The summed E-state index contributed by atoms with van der Waals surface area (Å²) in [5.74, 6) is 0. The Balaban J connectivity index is 4.46. The smallest absolute Gasteiger partial charge is 0.0361 e. The van der Waals surface area contributed by atoms with Gasteiger partial charge in [0.1, 0.15) is 0 Å². The molecule has 11 heavy (non-hydrogen) atoms. The van der Waals surface area contributed by atoms with Gasteiger partial charge in [-0.25, -0.2) is 0 Å². The van der Waals surface area contributed by atoms with Crippen molar-refractivity contribution in [1.82, 2.24) is 0 Å². The molecular weight excluding hydrogens is 180 g/mol. The maximum atomic E-state index is 2.54. The zero-order valence-corrected chi connectivity index (χ0v) is 11.9. The van der Waals surface area contributed by atoms with E-state index in [0.29, 0.717) is 0 Å². The van der Waals surface area contributed by atoms with Crippen LogP contribution in [0.15, 0.2) is 0 Å². The number of hydrogen-bond acceptors (Lipinski definition) is 0. The lowest BCUT2D eigenvalue weighted by Gasteiger charge is -2.36. The van der Waals surface area contributed by atoms with Crippen molar-refractivity contribution in [3.05, 3.63) is 0 Å². The van der Waals surface area contributed by atoms with Crippen LogP contribution in [0.1, 0.15) is 13.8 Å². The molecular formula is C8H22Si3. The molecule has 0 aromatic carbocycles. The van der Waals surface area contributed by atoms with E-state index < -0.39 is 7.11 Å². The molecule has 0 saturated carbocycles. The summed E-state index contributed by atoms with van der Waals surface area (Å²) in [5, 5.41) is 0. The second kappa shape index (κ2) is 4.62. The average Bonchev–Trinajstić information content (AvgIpc) is 1.90. The fourth-order valence-electron chi connectivity index (χ4n) is 2.16. The van der Waals surface area contributed by atoms with Gasteiger partial charge >= 0.3 is 0 Å². The van der Waals surface area contributed by atoms with Crippen LogP contribution >= 0.6 is 0 Å². The molecule has 0 saturated heterocycles. The van der Waals surface area contributed by atoms with E-state index in [1.165, 1.54) is 0 Å². The molecule has 0 aliphatic carbocycles. The second-order valence-corrected chi connectivity index (χ2v) is 24.6. The third kappa shape index (κ3) is 2.29. The Labute approximate surface area is 76.2 Å². The van der Waals surface area contributed by atoms with Crippen molar-refractivity contribution in [2.24, 2.45) is 0 Å². The Morgan fingerprint density at radius 1 is 0.818 bits per heavy atom. The van der Waals surface area contributed by atoms with Gasteiger partial charge < -0.3 is 0 Å². The predicted molar refractivity (Wildman–Crippen MR) is 61.7 cm³/mol. The molecule has 0 fully saturated rings. The molecule has 0 aromatic heterocycles. The van der Waals surface area contributed by atoms with Crippen LogP contribution in [0.4, 0.5) is 0 Å². The minimum Gasteiger partial charge on any atom is -0.0735 e. The van der Waals surface area contributed by atoms with Crippen LogP contribution in [0, 0.1) is 0 Å². The van der Waals surface area contributed by atoms with Crippen molar-refractivity contribution in [3.8, 4) is 0 Å². The predicted octanol–water partition coefficient (Wildman–Crippen LogP) is 3.14. The maximum absolute atomic E-state index is 2.54. The van der Waals surface area contributed by atoms with E-state index >= 15 is 0 Å². The Bertz CT molecular complexity index is 95.9. The fourth-order valence-corrected chi connectivity index (χ4v) is 27.0. The van der Waals surface area contributed by atoms with Gasteiger partial charge in [-0.3, -0.25) is 0 Å². The average molecular weight is 203 g/mol. The van der Waals surface area contributed by atoms with Crippen molar-refractivity contribution in [3.63, 3.8) is 0 Å². The molecule has 0 bridgehead atoms. The summed E-state index contributed by atoms with van der Waals surface area (Å²) in [7, 11) is -0.593. The zero-order valence-electron chi connectivity index (χ0n) is 8.91. The van der Waals surface area contributed by atoms with Crippen LogP contribution in [0.3, 0.4) is 0 Å². The first kappa shape index (κ1) is 11.7. The summed E-state index contributed by atoms with van der Waals surface area (Å²) < 4.78 is 0. The van der Waals surface area contributed by atoms with Gasteiger partial charge in [0.2, 0.25) is 0 Å². The Morgan fingerprint density at radius 2 is 1.09 bits per heavy atom. The topological polar surface area (TPSA) is 0 Å². The molecule has 0 rings (SSSR count).